The molecule has 0 bridgehead atoms. The molecule has 0 saturated carbocycles. The molecule has 1 aliphatic rings. The molecule has 1 aliphatic heterocycles. The van der Waals surface area contributed by atoms with Crippen LogP contribution in [-0.2, 0) is 0 Å². The highest BCUT2D eigenvalue weighted by Crippen LogP contribution is 2.36. The lowest BCUT2D eigenvalue weighted by Gasteiger charge is -2.08. The number of fused-ring (bicyclic) bond motifs is 2. The number of imidazole rings is 1. The molecule has 5 rings (SSSR count). The van der Waals surface area contributed by atoms with Gasteiger partial charge in [-0.25, -0.2) is 9.97 Å². The molecule has 0 atom stereocenters. The number of phenolic OH excluding ortho intramolecular Hbond substituents is 1. The smallest absolute Gasteiger partial charge is 0.231 e. The molecule has 7 heteroatoms. The number of ether oxygens (including phenoxy) is 2. The Morgan fingerprint density at radius 1 is 1.00 bits per heavy atom. The molecular formula is C19H14N4O3. The number of hydrogen-bond acceptors (Lipinski definition) is 6. The number of benzene rings is 2. The van der Waals surface area contributed by atoms with Crippen molar-refractivity contribution in [2.45, 2.75) is 0 Å². The maximum atomic E-state index is 9.41. The van der Waals surface area contributed by atoms with E-state index in [2.05, 4.69) is 15.3 Å². The molecule has 2 aromatic heterocycles. The number of nitrogens with zero attached hydrogens (tertiary/aromatic N) is 3. The lowest BCUT2D eigenvalue weighted by molar-refractivity contribution is 0.174. The number of rotatable bonds is 3. The van der Waals surface area contributed by atoms with Crippen molar-refractivity contribution in [1.82, 2.24) is 14.4 Å². The summed E-state index contributed by atoms with van der Waals surface area (Å²) in [5, 5.41) is 12.6. The second-order valence-corrected chi connectivity index (χ2v) is 5.85. The summed E-state index contributed by atoms with van der Waals surface area (Å²) < 4.78 is 12.8. The Morgan fingerprint density at radius 2 is 1.85 bits per heavy atom. The Labute approximate surface area is 148 Å². The normalized spacial score (nSPS) is 12.5. The average molecular weight is 346 g/mol. The summed E-state index contributed by atoms with van der Waals surface area (Å²) in [7, 11) is 0. The topological polar surface area (TPSA) is 80.9 Å². The van der Waals surface area contributed by atoms with Gasteiger partial charge in [0.1, 0.15) is 5.75 Å². The van der Waals surface area contributed by atoms with Gasteiger partial charge in [-0.1, -0.05) is 0 Å². The van der Waals surface area contributed by atoms with E-state index < -0.39 is 0 Å². The third-order valence-corrected chi connectivity index (χ3v) is 4.23. The third kappa shape index (κ3) is 2.37. The van der Waals surface area contributed by atoms with Crippen molar-refractivity contribution in [1.29, 1.82) is 0 Å². The van der Waals surface area contributed by atoms with E-state index in [4.69, 9.17) is 9.47 Å². The molecule has 0 saturated heterocycles. The van der Waals surface area contributed by atoms with Gasteiger partial charge >= 0.3 is 0 Å². The molecule has 0 fully saturated rings. The van der Waals surface area contributed by atoms with Crippen LogP contribution >= 0.6 is 0 Å². The van der Waals surface area contributed by atoms with Gasteiger partial charge in [-0.05, 0) is 42.5 Å². The Bertz CT molecular complexity index is 1110. The van der Waals surface area contributed by atoms with Crippen LogP contribution in [0.5, 0.6) is 17.2 Å². The Hall–Kier alpha value is -3.74. The van der Waals surface area contributed by atoms with Gasteiger partial charge in [-0.15, -0.1) is 0 Å². The summed E-state index contributed by atoms with van der Waals surface area (Å²) in [6.45, 7) is 0.247. The molecule has 0 radical (unpaired) electrons. The monoisotopic (exact) mass is 346 g/mol. The van der Waals surface area contributed by atoms with Crippen molar-refractivity contribution in [3.05, 3.63) is 61.1 Å². The first-order valence-electron chi connectivity index (χ1n) is 8.06. The van der Waals surface area contributed by atoms with E-state index in [1.165, 1.54) is 0 Å². The standard InChI is InChI=1S/C19H14N4O3/c24-14-4-2-13(3-5-14)22-18-19-21-10-15(23(19)8-7-20-18)12-1-6-16-17(9-12)26-11-25-16/h1-10,24H,11H2,(H,20,22). The highest BCUT2D eigenvalue weighted by atomic mass is 16.7. The van der Waals surface area contributed by atoms with Crippen molar-refractivity contribution in [3.8, 4) is 28.5 Å². The van der Waals surface area contributed by atoms with Crippen LogP contribution in [0.2, 0.25) is 0 Å². The minimum absolute atomic E-state index is 0.215. The van der Waals surface area contributed by atoms with Crippen molar-refractivity contribution < 1.29 is 14.6 Å². The van der Waals surface area contributed by atoms with Crippen molar-refractivity contribution in [2.75, 3.05) is 12.1 Å². The lowest BCUT2D eigenvalue weighted by Crippen LogP contribution is -1.98. The van der Waals surface area contributed by atoms with E-state index >= 15 is 0 Å². The van der Waals surface area contributed by atoms with E-state index in [1.807, 2.05) is 28.8 Å². The van der Waals surface area contributed by atoms with Gasteiger partial charge in [0.25, 0.3) is 0 Å². The molecule has 0 aliphatic carbocycles. The van der Waals surface area contributed by atoms with Gasteiger partial charge in [-0.2, -0.15) is 0 Å². The first-order chi connectivity index (χ1) is 12.8. The molecule has 7 nitrogen and oxygen atoms in total. The fourth-order valence-electron chi connectivity index (χ4n) is 2.96. The zero-order valence-electron chi connectivity index (χ0n) is 13.6. The molecule has 0 spiro atoms. The van der Waals surface area contributed by atoms with Crippen LogP contribution in [0.15, 0.2) is 61.1 Å². The summed E-state index contributed by atoms with van der Waals surface area (Å²) in [6, 6.07) is 12.6. The van der Waals surface area contributed by atoms with Crippen molar-refractivity contribution >= 4 is 17.2 Å². The Morgan fingerprint density at radius 3 is 2.73 bits per heavy atom. The maximum Gasteiger partial charge on any atom is 0.231 e. The zero-order chi connectivity index (χ0) is 17.5. The molecular weight excluding hydrogens is 332 g/mol. The predicted molar refractivity (Wildman–Crippen MR) is 95.9 cm³/mol. The number of aromatic nitrogens is 3. The molecule has 2 N–H and O–H groups in total. The van der Waals surface area contributed by atoms with E-state index in [0.29, 0.717) is 11.5 Å². The Kier molecular flexibility index (Phi) is 3.18. The predicted octanol–water partition coefficient (Wildman–Crippen LogP) is 3.57. The van der Waals surface area contributed by atoms with Crippen LogP contribution in [-0.4, -0.2) is 26.3 Å². The summed E-state index contributed by atoms with van der Waals surface area (Å²) in [4.78, 5) is 8.91. The van der Waals surface area contributed by atoms with Crippen LogP contribution < -0.4 is 14.8 Å². The van der Waals surface area contributed by atoms with Gasteiger partial charge < -0.3 is 19.9 Å². The van der Waals surface area contributed by atoms with Crippen LogP contribution in [0, 0.1) is 0 Å². The van der Waals surface area contributed by atoms with Crippen LogP contribution in [0.4, 0.5) is 11.5 Å². The SMILES string of the molecule is Oc1ccc(Nc2nccn3c(-c4ccc5c(c4)OCO5)cnc23)cc1. The highest BCUT2D eigenvalue weighted by Gasteiger charge is 2.16. The second kappa shape index (κ2) is 5.66. The summed E-state index contributed by atoms with van der Waals surface area (Å²) >= 11 is 0. The zero-order valence-corrected chi connectivity index (χ0v) is 13.6. The summed E-state index contributed by atoms with van der Waals surface area (Å²) in [6.07, 6.45) is 5.38. The van der Waals surface area contributed by atoms with Crippen molar-refractivity contribution in [3.63, 3.8) is 0 Å². The van der Waals surface area contributed by atoms with Crippen molar-refractivity contribution in [2.24, 2.45) is 0 Å². The van der Waals surface area contributed by atoms with Crippen LogP contribution in [0.3, 0.4) is 0 Å². The molecule has 26 heavy (non-hydrogen) atoms. The number of anilines is 2. The minimum atomic E-state index is 0.215. The first kappa shape index (κ1) is 14.6. The quantitative estimate of drug-likeness (QED) is 0.552. The van der Waals surface area contributed by atoms with Gasteiger partial charge in [0.05, 0.1) is 11.9 Å². The molecule has 3 heterocycles. The summed E-state index contributed by atoms with van der Waals surface area (Å²) in [5.74, 6) is 2.32. The van der Waals surface area contributed by atoms with Gasteiger partial charge in [0.15, 0.2) is 23.0 Å². The highest BCUT2D eigenvalue weighted by molar-refractivity contribution is 5.75. The largest absolute Gasteiger partial charge is 0.508 e. The fourth-order valence-corrected chi connectivity index (χ4v) is 2.96. The average Bonchev–Trinajstić information content (AvgIpc) is 3.30. The second-order valence-electron chi connectivity index (χ2n) is 5.85. The first-order valence-corrected chi connectivity index (χ1v) is 8.06. The van der Waals surface area contributed by atoms with E-state index in [-0.39, 0.29) is 12.5 Å². The van der Waals surface area contributed by atoms with Crippen LogP contribution in [0.25, 0.3) is 16.9 Å². The molecule has 2 aromatic carbocycles. The minimum Gasteiger partial charge on any atom is -0.508 e. The number of nitrogens with one attached hydrogen (secondary N) is 1. The molecule has 0 unspecified atom stereocenters. The number of aromatic hydroxyl groups is 1. The summed E-state index contributed by atoms with van der Waals surface area (Å²) in [5.41, 5.74) is 3.42. The number of phenols is 1. The molecule has 128 valence electrons. The molecule has 4 aromatic rings. The lowest BCUT2D eigenvalue weighted by atomic mass is 10.1. The number of hydrogen-bond donors (Lipinski definition) is 2. The third-order valence-electron chi connectivity index (χ3n) is 4.23. The molecule has 0 amide bonds. The van der Waals surface area contributed by atoms with Gasteiger partial charge in [0.2, 0.25) is 6.79 Å². The van der Waals surface area contributed by atoms with E-state index in [1.54, 1.807) is 36.7 Å². The van der Waals surface area contributed by atoms with Crippen LogP contribution in [0.1, 0.15) is 0 Å². The van der Waals surface area contributed by atoms with E-state index in [9.17, 15) is 5.11 Å². The fraction of sp³-hybridized carbons (Fsp3) is 0.0526. The van der Waals surface area contributed by atoms with Gasteiger partial charge in [0, 0.05) is 23.6 Å². The maximum absolute atomic E-state index is 9.41. The Balaban J connectivity index is 1.56. The van der Waals surface area contributed by atoms with Gasteiger partial charge in [-0.3, -0.25) is 4.40 Å². The van der Waals surface area contributed by atoms with E-state index in [0.717, 1.165) is 28.4 Å².